The number of nitrogens with zero attached hydrogens (tertiary/aromatic N) is 2. The molecule has 2 aromatic rings. The Morgan fingerprint density at radius 1 is 1.57 bits per heavy atom. The fraction of sp³-hybridized carbons (Fsp3) is 0.222. The molecular formula is C9H8BrFN2O. The number of aromatic nitrogens is 2. The molecular weight excluding hydrogens is 251 g/mol. The van der Waals surface area contributed by atoms with Gasteiger partial charge in [0.05, 0.1) is 18.5 Å². The maximum atomic E-state index is 13.4. The van der Waals surface area contributed by atoms with Gasteiger partial charge in [0, 0.05) is 11.5 Å². The van der Waals surface area contributed by atoms with Crippen LogP contribution < -0.4 is 0 Å². The summed E-state index contributed by atoms with van der Waals surface area (Å²) in [4.78, 5) is 3.88. The van der Waals surface area contributed by atoms with E-state index in [0.717, 1.165) is 5.56 Å². The highest BCUT2D eigenvalue weighted by atomic mass is 79.9. The van der Waals surface area contributed by atoms with Gasteiger partial charge in [-0.25, -0.2) is 9.37 Å². The third-order valence-electron chi connectivity index (χ3n) is 2.01. The number of aliphatic hydroxyl groups is 1. The van der Waals surface area contributed by atoms with Gasteiger partial charge in [-0.3, -0.25) is 4.40 Å². The number of fused-ring (bicyclic) bond motifs is 1. The number of hydrogen-bond donors (Lipinski definition) is 1. The first-order valence-corrected chi connectivity index (χ1v) is 5.19. The zero-order valence-electron chi connectivity index (χ0n) is 7.24. The summed E-state index contributed by atoms with van der Waals surface area (Å²) >= 11 is 3.25. The predicted octanol–water partition coefficient (Wildman–Crippen LogP) is 1.86. The van der Waals surface area contributed by atoms with Crippen LogP contribution in [0.3, 0.4) is 0 Å². The topological polar surface area (TPSA) is 37.5 Å². The van der Waals surface area contributed by atoms with Crippen molar-refractivity contribution in [1.82, 2.24) is 9.38 Å². The molecule has 0 saturated heterocycles. The van der Waals surface area contributed by atoms with E-state index in [1.165, 1.54) is 12.3 Å². The lowest BCUT2D eigenvalue weighted by atomic mass is 10.3. The minimum atomic E-state index is -0.373. The van der Waals surface area contributed by atoms with Crippen molar-refractivity contribution in [2.75, 3.05) is 0 Å². The number of rotatable bonds is 2. The van der Waals surface area contributed by atoms with Crippen LogP contribution in [0.25, 0.3) is 5.65 Å². The van der Waals surface area contributed by atoms with E-state index >= 15 is 0 Å². The van der Waals surface area contributed by atoms with Gasteiger partial charge in [-0.05, 0) is 11.6 Å². The van der Waals surface area contributed by atoms with Gasteiger partial charge >= 0.3 is 0 Å². The quantitative estimate of drug-likeness (QED) is 0.836. The number of aliphatic hydroxyl groups excluding tert-OH is 1. The summed E-state index contributed by atoms with van der Waals surface area (Å²) < 4.78 is 15.0. The van der Waals surface area contributed by atoms with Crippen molar-refractivity contribution in [3.63, 3.8) is 0 Å². The Morgan fingerprint density at radius 2 is 2.36 bits per heavy atom. The van der Waals surface area contributed by atoms with Gasteiger partial charge in [-0.15, -0.1) is 0 Å². The van der Waals surface area contributed by atoms with E-state index in [-0.39, 0.29) is 18.1 Å². The van der Waals surface area contributed by atoms with E-state index in [4.69, 9.17) is 5.11 Å². The van der Waals surface area contributed by atoms with Crippen molar-refractivity contribution in [2.45, 2.75) is 11.9 Å². The summed E-state index contributed by atoms with van der Waals surface area (Å²) in [6, 6.07) is 1.43. The zero-order chi connectivity index (χ0) is 10.1. The van der Waals surface area contributed by atoms with Crippen LogP contribution in [0, 0.1) is 5.82 Å². The van der Waals surface area contributed by atoms with E-state index in [9.17, 15) is 4.39 Å². The van der Waals surface area contributed by atoms with Gasteiger partial charge in [0.15, 0.2) is 11.5 Å². The third-order valence-corrected chi connectivity index (χ3v) is 2.66. The molecule has 0 atom stereocenters. The van der Waals surface area contributed by atoms with Gasteiger partial charge < -0.3 is 5.11 Å². The lowest BCUT2D eigenvalue weighted by Gasteiger charge is -2.02. The lowest BCUT2D eigenvalue weighted by molar-refractivity contribution is 0.275. The van der Waals surface area contributed by atoms with E-state index < -0.39 is 0 Å². The highest BCUT2D eigenvalue weighted by Gasteiger charge is 2.08. The van der Waals surface area contributed by atoms with Gasteiger partial charge in [0.25, 0.3) is 0 Å². The fourth-order valence-electron chi connectivity index (χ4n) is 1.34. The predicted molar refractivity (Wildman–Crippen MR) is 53.7 cm³/mol. The molecule has 2 aromatic heterocycles. The van der Waals surface area contributed by atoms with Crippen LogP contribution in [0.5, 0.6) is 0 Å². The Kier molecular flexibility index (Phi) is 2.52. The molecule has 0 fully saturated rings. The molecule has 0 bridgehead atoms. The van der Waals surface area contributed by atoms with Crippen molar-refractivity contribution < 1.29 is 9.50 Å². The molecule has 0 aromatic carbocycles. The Labute approximate surface area is 88.3 Å². The van der Waals surface area contributed by atoms with Gasteiger partial charge in [0.1, 0.15) is 0 Å². The average molecular weight is 259 g/mol. The number of pyridine rings is 1. The van der Waals surface area contributed by atoms with E-state index in [2.05, 4.69) is 20.9 Å². The van der Waals surface area contributed by atoms with Gasteiger partial charge in [-0.1, -0.05) is 15.9 Å². The van der Waals surface area contributed by atoms with Crippen LogP contribution >= 0.6 is 15.9 Å². The maximum absolute atomic E-state index is 13.4. The second-order valence-corrected chi connectivity index (χ2v) is 3.49. The van der Waals surface area contributed by atoms with Crippen LogP contribution in [0.2, 0.25) is 0 Å². The fourth-order valence-corrected chi connectivity index (χ4v) is 1.64. The van der Waals surface area contributed by atoms with E-state index in [0.29, 0.717) is 11.0 Å². The molecule has 14 heavy (non-hydrogen) atoms. The largest absolute Gasteiger partial charge is 0.390 e. The molecule has 0 aliphatic carbocycles. The summed E-state index contributed by atoms with van der Waals surface area (Å²) in [5.74, 6) is -0.373. The molecule has 2 rings (SSSR count). The average Bonchev–Trinajstić information content (AvgIpc) is 2.61. The molecule has 0 spiro atoms. The molecule has 0 amide bonds. The number of halogens is 2. The van der Waals surface area contributed by atoms with E-state index in [1.54, 1.807) is 10.6 Å². The summed E-state index contributed by atoms with van der Waals surface area (Å²) in [7, 11) is 0. The standard InChI is InChI=1S/C9H8BrFN2O/c10-2-6-1-8(11)9-12-3-7(5-14)13(9)4-6/h1,3-4,14H,2,5H2. The molecule has 74 valence electrons. The van der Waals surface area contributed by atoms with Crippen LogP contribution in [-0.2, 0) is 11.9 Å². The van der Waals surface area contributed by atoms with Gasteiger partial charge in [0.2, 0.25) is 0 Å². The zero-order valence-corrected chi connectivity index (χ0v) is 8.83. The second-order valence-electron chi connectivity index (χ2n) is 2.93. The molecule has 2 heterocycles. The molecule has 0 aliphatic rings. The maximum Gasteiger partial charge on any atom is 0.173 e. The smallest absolute Gasteiger partial charge is 0.173 e. The number of hydrogen-bond acceptors (Lipinski definition) is 2. The molecule has 0 radical (unpaired) electrons. The minimum Gasteiger partial charge on any atom is -0.390 e. The molecule has 3 nitrogen and oxygen atoms in total. The van der Waals surface area contributed by atoms with Crippen molar-refractivity contribution in [3.05, 3.63) is 35.5 Å². The Hall–Kier alpha value is -0.940. The summed E-state index contributed by atoms with van der Waals surface area (Å²) in [5, 5.41) is 9.56. The molecule has 5 heteroatoms. The second kappa shape index (κ2) is 3.67. The van der Waals surface area contributed by atoms with Crippen molar-refractivity contribution >= 4 is 21.6 Å². The first-order chi connectivity index (χ1) is 6.76. The van der Waals surface area contributed by atoms with Crippen molar-refractivity contribution in [3.8, 4) is 0 Å². The normalized spacial score (nSPS) is 11.1. The molecule has 0 saturated carbocycles. The highest BCUT2D eigenvalue weighted by Crippen LogP contribution is 2.15. The monoisotopic (exact) mass is 258 g/mol. The summed E-state index contributed by atoms with van der Waals surface area (Å²) in [6.07, 6.45) is 3.22. The first kappa shape index (κ1) is 9.61. The molecule has 1 N–H and O–H groups in total. The Bertz CT molecular complexity index is 469. The van der Waals surface area contributed by atoms with Crippen LogP contribution in [-0.4, -0.2) is 14.5 Å². The third kappa shape index (κ3) is 1.42. The Morgan fingerprint density at radius 3 is 3.00 bits per heavy atom. The summed E-state index contributed by atoms with van der Waals surface area (Å²) in [6.45, 7) is -0.146. The lowest BCUT2D eigenvalue weighted by Crippen LogP contribution is -1.96. The molecule has 0 aliphatic heterocycles. The SMILES string of the molecule is OCc1cnc2c(F)cc(CBr)cn12. The number of imidazole rings is 1. The summed E-state index contributed by atoms with van der Waals surface area (Å²) in [5.41, 5.74) is 1.64. The van der Waals surface area contributed by atoms with Gasteiger partial charge in [-0.2, -0.15) is 0 Å². The van der Waals surface area contributed by atoms with Crippen LogP contribution in [0.1, 0.15) is 11.3 Å². The van der Waals surface area contributed by atoms with Crippen molar-refractivity contribution in [2.24, 2.45) is 0 Å². The van der Waals surface area contributed by atoms with Crippen LogP contribution in [0.4, 0.5) is 4.39 Å². The number of alkyl halides is 1. The van der Waals surface area contributed by atoms with E-state index in [1.807, 2.05) is 0 Å². The first-order valence-electron chi connectivity index (χ1n) is 4.07. The minimum absolute atomic E-state index is 0.146. The van der Waals surface area contributed by atoms with Crippen molar-refractivity contribution in [1.29, 1.82) is 0 Å². The molecule has 0 unspecified atom stereocenters. The Balaban J connectivity index is 2.73. The highest BCUT2D eigenvalue weighted by molar-refractivity contribution is 9.08. The van der Waals surface area contributed by atoms with Crippen LogP contribution in [0.15, 0.2) is 18.5 Å².